The van der Waals surface area contributed by atoms with Crippen molar-refractivity contribution in [2.24, 2.45) is 0 Å². The topological polar surface area (TPSA) is 41.7 Å². The van der Waals surface area contributed by atoms with Crippen molar-refractivity contribution < 1.29 is 8.42 Å². The predicted octanol–water partition coefficient (Wildman–Crippen LogP) is 2.05. The molecular formula is C12H14N2O2S. The lowest BCUT2D eigenvalue weighted by Crippen LogP contribution is -2.08. The van der Waals surface area contributed by atoms with E-state index < -0.39 is 9.84 Å². The van der Waals surface area contributed by atoms with Crippen molar-refractivity contribution in [3.63, 3.8) is 0 Å². The molecule has 0 saturated carbocycles. The van der Waals surface area contributed by atoms with Crippen LogP contribution >= 0.6 is 0 Å². The van der Waals surface area contributed by atoms with E-state index in [1.807, 2.05) is 6.92 Å². The third kappa shape index (κ3) is 3.08. The van der Waals surface area contributed by atoms with E-state index in [2.05, 4.69) is 4.85 Å². The molecule has 0 bridgehead atoms. The minimum Gasteiger partial charge on any atom is -0.392 e. The third-order valence-corrected chi connectivity index (χ3v) is 3.73. The fraction of sp³-hybridized carbons (Fsp3) is 0.250. The van der Waals surface area contributed by atoms with Crippen molar-refractivity contribution in [2.45, 2.75) is 11.8 Å². The average Bonchev–Trinajstić information content (AvgIpc) is 2.26. The van der Waals surface area contributed by atoms with E-state index in [0.717, 1.165) is 5.56 Å². The van der Waals surface area contributed by atoms with Crippen LogP contribution in [0.3, 0.4) is 0 Å². The maximum atomic E-state index is 12.1. The molecule has 0 unspecified atom stereocenters. The highest BCUT2D eigenvalue weighted by Gasteiger charge is 2.21. The zero-order chi connectivity index (χ0) is 13.1. The summed E-state index contributed by atoms with van der Waals surface area (Å²) in [7, 11) is -0.345. The van der Waals surface area contributed by atoms with Crippen LogP contribution in [0.4, 0.5) is 0 Å². The number of sulfone groups is 1. The summed E-state index contributed by atoms with van der Waals surface area (Å²) in [6.07, 6.45) is 1.31. The lowest BCUT2D eigenvalue weighted by molar-refractivity contribution is 0.558. The molecule has 1 aromatic rings. The molecular weight excluding hydrogens is 236 g/mol. The monoisotopic (exact) mass is 250 g/mol. The SMILES string of the molecule is [C-]#[N+]C(=CN(C)C)S(=O)(=O)c1ccc(C)cc1. The van der Waals surface area contributed by atoms with Gasteiger partial charge in [0.2, 0.25) is 9.84 Å². The average molecular weight is 250 g/mol. The van der Waals surface area contributed by atoms with Crippen LogP contribution in [0.15, 0.2) is 40.4 Å². The summed E-state index contributed by atoms with van der Waals surface area (Å²) >= 11 is 0. The van der Waals surface area contributed by atoms with Gasteiger partial charge >= 0.3 is 0 Å². The number of rotatable bonds is 3. The van der Waals surface area contributed by atoms with E-state index in [0.29, 0.717) is 0 Å². The number of benzene rings is 1. The molecule has 1 aromatic carbocycles. The van der Waals surface area contributed by atoms with E-state index in [1.165, 1.54) is 18.3 Å². The summed E-state index contributed by atoms with van der Waals surface area (Å²) in [6, 6.07) is 6.45. The van der Waals surface area contributed by atoms with E-state index in [4.69, 9.17) is 6.57 Å². The van der Waals surface area contributed by atoms with Gasteiger partial charge in [-0.2, -0.15) is 0 Å². The summed E-state index contributed by atoms with van der Waals surface area (Å²) in [6.45, 7) is 8.83. The fourth-order valence-electron chi connectivity index (χ4n) is 1.22. The van der Waals surface area contributed by atoms with Gasteiger partial charge in [-0.05, 0) is 19.1 Å². The Bertz CT molecular complexity index is 564. The lowest BCUT2D eigenvalue weighted by Gasteiger charge is -2.07. The second-order valence-electron chi connectivity index (χ2n) is 3.86. The normalized spacial score (nSPS) is 12.0. The highest BCUT2D eigenvalue weighted by atomic mass is 32.2. The minimum atomic E-state index is -3.70. The van der Waals surface area contributed by atoms with E-state index in [9.17, 15) is 8.42 Å². The molecule has 90 valence electrons. The van der Waals surface area contributed by atoms with Gasteiger partial charge in [-0.3, -0.25) is 0 Å². The Kier molecular flexibility index (Phi) is 3.92. The molecule has 4 nitrogen and oxygen atoms in total. The molecule has 0 spiro atoms. The molecule has 0 aliphatic rings. The van der Waals surface area contributed by atoms with Crippen molar-refractivity contribution >= 4 is 9.84 Å². The first-order chi connectivity index (χ1) is 7.87. The maximum absolute atomic E-state index is 12.1. The van der Waals surface area contributed by atoms with Crippen molar-refractivity contribution in [2.75, 3.05) is 14.1 Å². The zero-order valence-corrected chi connectivity index (χ0v) is 10.8. The van der Waals surface area contributed by atoms with Gasteiger partial charge in [-0.1, -0.05) is 17.7 Å². The summed E-state index contributed by atoms with van der Waals surface area (Å²) in [5.41, 5.74) is 0.977. The Morgan fingerprint density at radius 1 is 1.29 bits per heavy atom. The van der Waals surface area contributed by atoms with Crippen molar-refractivity contribution in [1.82, 2.24) is 4.90 Å². The first kappa shape index (κ1) is 13.3. The van der Waals surface area contributed by atoms with Crippen LogP contribution in [0, 0.1) is 13.5 Å². The molecule has 0 heterocycles. The molecule has 0 saturated heterocycles. The van der Waals surface area contributed by atoms with Crippen LogP contribution in [0.5, 0.6) is 0 Å². The van der Waals surface area contributed by atoms with Crippen LogP contribution < -0.4 is 0 Å². The second kappa shape index (κ2) is 5.02. The quantitative estimate of drug-likeness (QED) is 0.771. The van der Waals surface area contributed by atoms with E-state index in [1.54, 1.807) is 31.1 Å². The van der Waals surface area contributed by atoms with Gasteiger partial charge in [0.05, 0.1) is 11.5 Å². The maximum Gasteiger partial charge on any atom is 0.298 e. The van der Waals surface area contributed by atoms with Crippen LogP contribution in [-0.2, 0) is 9.84 Å². The lowest BCUT2D eigenvalue weighted by atomic mass is 10.2. The zero-order valence-electron chi connectivity index (χ0n) is 10.0. The molecule has 0 N–H and O–H groups in total. The van der Waals surface area contributed by atoms with Crippen LogP contribution in [0.1, 0.15) is 5.56 Å². The van der Waals surface area contributed by atoms with Gasteiger partial charge in [0.1, 0.15) is 0 Å². The Hall–Kier alpha value is -1.80. The van der Waals surface area contributed by atoms with Crippen LogP contribution in [0.2, 0.25) is 0 Å². The summed E-state index contributed by atoms with van der Waals surface area (Å²) in [5.74, 6) is 0. The third-order valence-electron chi connectivity index (χ3n) is 2.09. The van der Waals surface area contributed by atoms with Gasteiger partial charge < -0.3 is 4.90 Å². The molecule has 0 aliphatic carbocycles. The van der Waals surface area contributed by atoms with Gasteiger partial charge in [0.25, 0.3) is 5.03 Å². The predicted molar refractivity (Wildman–Crippen MR) is 66.7 cm³/mol. The van der Waals surface area contributed by atoms with Crippen molar-refractivity contribution in [1.29, 1.82) is 0 Å². The number of hydrogen-bond acceptors (Lipinski definition) is 3. The van der Waals surface area contributed by atoms with Crippen molar-refractivity contribution in [3.05, 3.63) is 52.5 Å². The van der Waals surface area contributed by atoms with E-state index in [-0.39, 0.29) is 9.92 Å². The van der Waals surface area contributed by atoms with E-state index >= 15 is 0 Å². The first-order valence-corrected chi connectivity index (χ1v) is 6.43. The number of aryl methyl sites for hydroxylation is 1. The van der Waals surface area contributed by atoms with Crippen LogP contribution in [-0.4, -0.2) is 27.4 Å². The Morgan fingerprint density at radius 3 is 2.24 bits per heavy atom. The molecule has 0 radical (unpaired) electrons. The van der Waals surface area contributed by atoms with Gasteiger partial charge in [0.15, 0.2) is 0 Å². The first-order valence-electron chi connectivity index (χ1n) is 4.95. The highest BCUT2D eigenvalue weighted by Crippen LogP contribution is 2.20. The summed E-state index contributed by atoms with van der Waals surface area (Å²) in [4.78, 5) is 4.77. The molecule has 0 amide bonds. The van der Waals surface area contributed by atoms with Gasteiger partial charge in [-0.25, -0.2) is 13.3 Å². The van der Waals surface area contributed by atoms with Crippen LogP contribution in [0.25, 0.3) is 4.85 Å². The summed E-state index contributed by atoms with van der Waals surface area (Å²) < 4.78 is 24.2. The highest BCUT2D eigenvalue weighted by molar-refractivity contribution is 7.95. The largest absolute Gasteiger partial charge is 0.392 e. The second-order valence-corrected chi connectivity index (χ2v) is 5.76. The molecule has 1 rings (SSSR count). The fourth-order valence-corrected chi connectivity index (χ4v) is 2.42. The molecule has 0 aromatic heterocycles. The Morgan fingerprint density at radius 2 is 1.82 bits per heavy atom. The smallest absolute Gasteiger partial charge is 0.298 e. The van der Waals surface area contributed by atoms with Gasteiger partial charge in [0, 0.05) is 20.3 Å². The molecule has 17 heavy (non-hydrogen) atoms. The molecule has 5 heteroatoms. The molecule has 0 atom stereocenters. The Balaban J connectivity index is 3.29. The summed E-state index contributed by atoms with van der Waals surface area (Å²) in [5, 5.41) is -0.272. The van der Waals surface area contributed by atoms with Gasteiger partial charge in [-0.15, -0.1) is 0 Å². The molecule has 0 fully saturated rings. The Labute approximate surface area is 102 Å². The minimum absolute atomic E-state index is 0.146. The standard InChI is InChI=1S/C12H14N2O2S/c1-10-5-7-11(8-6-10)17(15,16)12(13-2)9-14(3)4/h5-9H,1,3-4H3. The number of hydrogen-bond donors (Lipinski definition) is 0. The molecule has 0 aliphatic heterocycles. The number of nitrogens with zero attached hydrogens (tertiary/aromatic N) is 2. The van der Waals surface area contributed by atoms with Crippen molar-refractivity contribution in [3.8, 4) is 0 Å².